The van der Waals surface area contributed by atoms with Crippen LogP contribution in [-0.4, -0.2) is 60.2 Å². The van der Waals surface area contributed by atoms with Crippen LogP contribution in [0.1, 0.15) is 143 Å². The van der Waals surface area contributed by atoms with Gasteiger partial charge in [-0.15, -0.1) is 0 Å². The van der Waals surface area contributed by atoms with Crippen molar-refractivity contribution in [1.82, 2.24) is 4.98 Å². The van der Waals surface area contributed by atoms with E-state index in [9.17, 15) is 24.3 Å². The second-order valence-corrected chi connectivity index (χ2v) is 14.5. The molecule has 2 aromatic carbocycles. The normalized spacial score (nSPS) is 12.0. The number of hydrogen-bond acceptors (Lipinski definition) is 9. The standard InChI is InChI=1S/C16H17NO3.C12H18O2.C11H22O2.C7H14O/c1-10(2)16(19)9-20-12-4-5-14-13(11(3)18)6-7-17-15(14)8-12;1-4-5-6-10-7-8-11(13-2)12(9-10)14-3;1-4-6-8-10(7-5-2)11(13)9(3)12;1-4-6(2)5-7(3)8/h4-8,10H,9H2,1-3H3;7-9H,4-6H2,1-3H3;10-11,13H,4-8H2,1-3H3;6H,4-5H2,1-3H3. The number of hydrogen-bond donors (Lipinski definition) is 1. The third-order valence-electron chi connectivity index (χ3n) is 9.17. The van der Waals surface area contributed by atoms with E-state index in [1.165, 1.54) is 32.3 Å². The van der Waals surface area contributed by atoms with Crippen molar-refractivity contribution in [3.05, 3.63) is 59.8 Å². The van der Waals surface area contributed by atoms with E-state index in [-0.39, 0.29) is 35.8 Å². The molecule has 0 fully saturated rings. The number of fused-ring (bicyclic) bond motifs is 1. The first-order chi connectivity index (χ1) is 26.1. The number of carbonyl (C=O) groups excluding carboxylic acids is 4. The van der Waals surface area contributed by atoms with E-state index in [4.69, 9.17) is 14.2 Å². The smallest absolute Gasteiger partial charge is 0.172 e. The molecule has 3 rings (SSSR count). The molecule has 0 saturated carbocycles. The lowest BCUT2D eigenvalue weighted by atomic mass is 9.90. The average molecular weight is 766 g/mol. The number of ketones is 4. The monoisotopic (exact) mass is 766 g/mol. The van der Waals surface area contributed by atoms with Gasteiger partial charge in [0.05, 0.1) is 19.7 Å². The summed E-state index contributed by atoms with van der Waals surface area (Å²) in [6.07, 6.45) is 11.5. The van der Waals surface area contributed by atoms with Crippen molar-refractivity contribution in [2.24, 2.45) is 17.8 Å². The summed E-state index contributed by atoms with van der Waals surface area (Å²) in [4.78, 5) is 48.7. The first-order valence-corrected chi connectivity index (χ1v) is 20.0. The Morgan fingerprint density at radius 1 is 0.782 bits per heavy atom. The molecule has 308 valence electrons. The quantitative estimate of drug-likeness (QED) is 0.112. The maximum atomic E-state index is 11.5. The van der Waals surface area contributed by atoms with Crippen LogP contribution in [0.15, 0.2) is 48.7 Å². The van der Waals surface area contributed by atoms with Crippen molar-refractivity contribution >= 4 is 34.0 Å². The summed E-state index contributed by atoms with van der Waals surface area (Å²) < 4.78 is 15.9. The van der Waals surface area contributed by atoms with Crippen molar-refractivity contribution in [2.45, 2.75) is 140 Å². The summed E-state index contributed by atoms with van der Waals surface area (Å²) in [6, 6.07) is 13.1. The molecule has 1 N–H and O–H groups in total. The minimum absolute atomic E-state index is 0.000976. The van der Waals surface area contributed by atoms with Gasteiger partial charge in [0.25, 0.3) is 0 Å². The fourth-order valence-electron chi connectivity index (χ4n) is 5.53. The molecule has 3 aromatic rings. The van der Waals surface area contributed by atoms with Gasteiger partial charge in [-0.1, -0.05) is 86.6 Å². The highest BCUT2D eigenvalue weighted by molar-refractivity contribution is 6.06. The molecule has 0 amide bonds. The van der Waals surface area contributed by atoms with Crippen LogP contribution in [0.2, 0.25) is 0 Å². The van der Waals surface area contributed by atoms with Gasteiger partial charge in [-0.3, -0.25) is 19.4 Å². The first kappa shape index (κ1) is 50.9. The fraction of sp³-hybridized carbons (Fsp3) is 0.587. The molecule has 1 aromatic heterocycles. The van der Waals surface area contributed by atoms with E-state index >= 15 is 0 Å². The average Bonchev–Trinajstić information content (AvgIpc) is 3.17. The van der Waals surface area contributed by atoms with Crippen molar-refractivity contribution in [3.8, 4) is 17.2 Å². The van der Waals surface area contributed by atoms with E-state index in [0.29, 0.717) is 28.5 Å². The minimum Gasteiger partial charge on any atom is -0.493 e. The number of aliphatic hydroxyl groups excluding tert-OH is 1. The lowest BCUT2D eigenvalue weighted by Crippen LogP contribution is -2.27. The molecule has 0 aliphatic rings. The van der Waals surface area contributed by atoms with Crippen molar-refractivity contribution in [3.63, 3.8) is 0 Å². The predicted molar refractivity (Wildman–Crippen MR) is 225 cm³/mol. The predicted octanol–water partition coefficient (Wildman–Crippen LogP) is 10.6. The Labute approximate surface area is 332 Å². The number of nitrogens with zero attached hydrogens (tertiary/aromatic N) is 1. The number of methoxy groups -OCH3 is 2. The highest BCUT2D eigenvalue weighted by Crippen LogP contribution is 2.28. The lowest BCUT2D eigenvalue weighted by molar-refractivity contribution is -0.128. The zero-order valence-corrected chi connectivity index (χ0v) is 36.0. The Morgan fingerprint density at radius 3 is 1.93 bits per heavy atom. The molecule has 0 aliphatic carbocycles. The third-order valence-corrected chi connectivity index (χ3v) is 9.17. The van der Waals surface area contributed by atoms with Gasteiger partial charge in [-0.25, -0.2) is 0 Å². The number of aromatic nitrogens is 1. The molecule has 0 bridgehead atoms. The van der Waals surface area contributed by atoms with Crippen LogP contribution < -0.4 is 14.2 Å². The van der Waals surface area contributed by atoms with Gasteiger partial charge in [0.15, 0.2) is 28.8 Å². The molecule has 3 unspecified atom stereocenters. The zero-order chi connectivity index (χ0) is 41.9. The van der Waals surface area contributed by atoms with Gasteiger partial charge >= 0.3 is 0 Å². The zero-order valence-electron chi connectivity index (χ0n) is 36.0. The van der Waals surface area contributed by atoms with Crippen LogP contribution in [0.5, 0.6) is 17.2 Å². The van der Waals surface area contributed by atoms with Crippen molar-refractivity contribution in [2.75, 3.05) is 20.8 Å². The molecule has 0 saturated heterocycles. The van der Waals surface area contributed by atoms with Crippen LogP contribution in [0.3, 0.4) is 0 Å². The highest BCUT2D eigenvalue weighted by Gasteiger charge is 2.21. The molecular weight excluding hydrogens is 695 g/mol. The Balaban J connectivity index is 0.000000743. The second kappa shape index (κ2) is 29.2. The van der Waals surface area contributed by atoms with Gasteiger partial charge in [0.1, 0.15) is 24.2 Å². The summed E-state index contributed by atoms with van der Waals surface area (Å²) in [6.45, 7) is 19.0. The van der Waals surface area contributed by atoms with Crippen LogP contribution >= 0.6 is 0 Å². The largest absolute Gasteiger partial charge is 0.493 e. The topological polar surface area (TPSA) is 129 Å². The number of aryl methyl sites for hydroxylation is 1. The molecule has 0 radical (unpaired) electrons. The van der Waals surface area contributed by atoms with E-state index < -0.39 is 6.10 Å². The number of rotatable bonds is 20. The van der Waals surface area contributed by atoms with Crippen LogP contribution in [0.4, 0.5) is 0 Å². The minimum atomic E-state index is -0.730. The Morgan fingerprint density at radius 2 is 1.44 bits per heavy atom. The molecule has 3 atom stereocenters. The maximum Gasteiger partial charge on any atom is 0.172 e. The third kappa shape index (κ3) is 21.0. The van der Waals surface area contributed by atoms with Gasteiger partial charge in [0, 0.05) is 35.6 Å². The number of aliphatic hydroxyl groups is 1. The van der Waals surface area contributed by atoms with E-state index in [0.717, 1.165) is 68.3 Å². The molecule has 9 heteroatoms. The number of Topliss-reactive ketones (excluding diaryl/α,β-unsaturated/α-hetero) is 4. The van der Waals surface area contributed by atoms with Crippen molar-refractivity contribution in [1.29, 1.82) is 0 Å². The first-order valence-electron chi connectivity index (χ1n) is 20.0. The van der Waals surface area contributed by atoms with Crippen LogP contribution in [0.25, 0.3) is 10.9 Å². The number of pyridine rings is 1. The molecule has 55 heavy (non-hydrogen) atoms. The van der Waals surface area contributed by atoms with E-state index in [1.54, 1.807) is 51.6 Å². The van der Waals surface area contributed by atoms with Gasteiger partial charge in [-0.2, -0.15) is 0 Å². The lowest BCUT2D eigenvalue weighted by Gasteiger charge is -2.19. The number of carbonyl (C=O) groups is 4. The molecule has 0 aliphatic heterocycles. The number of unbranched alkanes of at least 4 members (excludes halogenated alkanes) is 2. The van der Waals surface area contributed by atoms with Gasteiger partial charge in [0.2, 0.25) is 0 Å². The number of benzene rings is 2. The summed E-state index contributed by atoms with van der Waals surface area (Å²) in [5, 5.41) is 10.4. The fourth-order valence-corrected chi connectivity index (χ4v) is 5.53. The Bertz CT molecular complexity index is 1570. The molecular formula is C46H71NO8. The SMILES string of the molecule is CC(=O)c1ccnc2cc(OCC(=O)C(C)C)ccc12.CCC(C)CC(C)=O.CCCCC(CCC)C(O)C(C)=O.CCCCc1ccc(OC)c(OC)c1. The molecule has 9 nitrogen and oxygen atoms in total. The summed E-state index contributed by atoms with van der Waals surface area (Å²) >= 11 is 0. The van der Waals surface area contributed by atoms with Gasteiger partial charge < -0.3 is 24.1 Å². The van der Waals surface area contributed by atoms with E-state index in [2.05, 4.69) is 51.7 Å². The van der Waals surface area contributed by atoms with Crippen LogP contribution in [0, 0.1) is 17.8 Å². The molecule has 1 heterocycles. The summed E-state index contributed by atoms with van der Waals surface area (Å²) in [7, 11) is 3.32. The highest BCUT2D eigenvalue weighted by atomic mass is 16.5. The molecule has 0 spiro atoms. The summed E-state index contributed by atoms with van der Waals surface area (Å²) in [5.41, 5.74) is 2.64. The van der Waals surface area contributed by atoms with Crippen molar-refractivity contribution < 1.29 is 38.5 Å². The Hall–Kier alpha value is -4.11. The van der Waals surface area contributed by atoms with Crippen LogP contribution in [-0.2, 0) is 20.8 Å². The summed E-state index contributed by atoms with van der Waals surface area (Å²) in [5.74, 6) is 3.19. The number of ether oxygens (including phenoxy) is 3. The maximum absolute atomic E-state index is 11.5. The van der Waals surface area contributed by atoms with E-state index in [1.807, 2.05) is 19.9 Å². The van der Waals surface area contributed by atoms with Gasteiger partial charge in [-0.05, 0) is 94.2 Å². The second-order valence-electron chi connectivity index (χ2n) is 14.5. The Kier molecular flexibility index (Phi) is 27.0.